The van der Waals surface area contributed by atoms with Gasteiger partial charge in [-0.1, -0.05) is 13.8 Å². The summed E-state index contributed by atoms with van der Waals surface area (Å²) in [5.41, 5.74) is 5.44. The van der Waals surface area contributed by atoms with Crippen LogP contribution in [0.1, 0.15) is 26.7 Å². The molecule has 0 aromatic rings. The molecule has 3 N–H and O–H groups in total. The SMILES string of the molecule is COC1CC(C(O)C(C)(C)CN)C1. The molecule has 1 saturated carbocycles. The van der Waals surface area contributed by atoms with Crippen LogP contribution in [0, 0.1) is 11.3 Å². The first kappa shape index (κ1) is 11.0. The lowest BCUT2D eigenvalue weighted by molar-refractivity contribution is -0.0865. The van der Waals surface area contributed by atoms with Crippen molar-refractivity contribution in [3.8, 4) is 0 Å². The highest BCUT2D eigenvalue weighted by atomic mass is 16.5. The largest absolute Gasteiger partial charge is 0.392 e. The molecule has 0 heterocycles. The molecule has 78 valence electrons. The standard InChI is InChI=1S/C10H21NO2/c1-10(2,6-11)9(12)7-4-8(5-7)13-3/h7-9,12H,4-6,11H2,1-3H3. The minimum atomic E-state index is -0.288. The number of ether oxygens (including phenoxy) is 1. The molecule has 3 heteroatoms. The minimum absolute atomic E-state index is 0.163. The number of hydrogen-bond donors (Lipinski definition) is 2. The highest BCUT2D eigenvalue weighted by Gasteiger charge is 2.40. The van der Waals surface area contributed by atoms with Gasteiger partial charge in [-0.25, -0.2) is 0 Å². The molecule has 1 fully saturated rings. The van der Waals surface area contributed by atoms with Gasteiger partial charge in [-0.05, 0) is 25.3 Å². The molecule has 1 aliphatic rings. The fourth-order valence-corrected chi connectivity index (χ4v) is 1.82. The van der Waals surface area contributed by atoms with Gasteiger partial charge < -0.3 is 15.6 Å². The third kappa shape index (κ3) is 2.22. The molecule has 0 amide bonds. The van der Waals surface area contributed by atoms with Gasteiger partial charge in [0, 0.05) is 12.5 Å². The van der Waals surface area contributed by atoms with Crippen LogP contribution in [0.4, 0.5) is 0 Å². The van der Waals surface area contributed by atoms with E-state index in [-0.39, 0.29) is 11.5 Å². The Kier molecular flexibility index (Phi) is 3.33. The van der Waals surface area contributed by atoms with E-state index in [0.717, 1.165) is 12.8 Å². The van der Waals surface area contributed by atoms with Crippen molar-refractivity contribution < 1.29 is 9.84 Å². The summed E-state index contributed by atoms with van der Waals surface area (Å²) in [7, 11) is 1.72. The van der Waals surface area contributed by atoms with Crippen molar-refractivity contribution in [1.82, 2.24) is 0 Å². The Bertz CT molecular complexity index is 164. The molecule has 1 aliphatic carbocycles. The van der Waals surface area contributed by atoms with E-state index in [1.165, 1.54) is 0 Å². The Morgan fingerprint density at radius 2 is 2.08 bits per heavy atom. The third-order valence-corrected chi connectivity index (χ3v) is 3.24. The maximum absolute atomic E-state index is 9.97. The highest BCUT2D eigenvalue weighted by molar-refractivity contribution is 4.92. The van der Waals surface area contributed by atoms with E-state index >= 15 is 0 Å². The molecule has 1 rings (SSSR count). The number of hydrogen-bond acceptors (Lipinski definition) is 3. The maximum Gasteiger partial charge on any atom is 0.0633 e. The normalized spacial score (nSPS) is 31.2. The van der Waals surface area contributed by atoms with E-state index in [0.29, 0.717) is 18.6 Å². The van der Waals surface area contributed by atoms with Crippen molar-refractivity contribution in [2.24, 2.45) is 17.1 Å². The van der Waals surface area contributed by atoms with Crippen LogP contribution in [0.5, 0.6) is 0 Å². The first-order valence-corrected chi connectivity index (χ1v) is 4.92. The predicted octanol–water partition coefficient (Wildman–Crippen LogP) is 0.757. The zero-order chi connectivity index (χ0) is 10.1. The van der Waals surface area contributed by atoms with Crippen LogP contribution in [0.2, 0.25) is 0 Å². The smallest absolute Gasteiger partial charge is 0.0633 e. The molecular weight excluding hydrogens is 166 g/mol. The average molecular weight is 187 g/mol. The summed E-state index contributed by atoms with van der Waals surface area (Å²) in [6.07, 6.45) is 2.01. The molecule has 0 spiro atoms. The Hall–Kier alpha value is -0.120. The van der Waals surface area contributed by atoms with Gasteiger partial charge in [0.1, 0.15) is 0 Å². The number of rotatable bonds is 4. The van der Waals surface area contributed by atoms with Gasteiger partial charge in [0.15, 0.2) is 0 Å². The molecular formula is C10H21NO2. The van der Waals surface area contributed by atoms with Gasteiger partial charge in [-0.15, -0.1) is 0 Å². The van der Waals surface area contributed by atoms with E-state index in [1.54, 1.807) is 7.11 Å². The van der Waals surface area contributed by atoms with Crippen LogP contribution < -0.4 is 5.73 Å². The van der Waals surface area contributed by atoms with Crippen molar-refractivity contribution in [2.75, 3.05) is 13.7 Å². The second-order valence-electron chi connectivity index (χ2n) is 4.73. The Labute approximate surface area is 80.3 Å². The molecule has 0 aromatic heterocycles. The highest BCUT2D eigenvalue weighted by Crippen LogP contribution is 2.38. The van der Waals surface area contributed by atoms with Crippen LogP contribution in [0.3, 0.4) is 0 Å². The summed E-state index contributed by atoms with van der Waals surface area (Å²) in [5.74, 6) is 0.378. The van der Waals surface area contributed by atoms with Gasteiger partial charge >= 0.3 is 0 Å². The van der Waals surface area contributed by atoms with Crippen LogP contribution in [0.25, 0.3) is 0 Å². The van der Waals surface area contributed by atoms with E-state index in [9.17, 15) is 5.11 Å². The van der Waals surface area contributed by atoms with Crippen LogP contribution in [-0.4, -0.2) is 31.0 Å². The van der Waals surface area contributed by atoms with Gasteiger partial charge in [0.25, 0.3) is 0 Å². The van der Waals surface area contributed by atoms with Crippen LogP contribution in [-0.2, 0) is 4.74 Å². The van der Waals surface area contributed by atoms with Gasteiger partial charge in [-0.3, -0.25) is 0 Å². The maximum atomic E-state index is 9.97. The first-order valence-electron chi connectivity index (χ1n) is 4.92. The monoisotopic (exact) mass is 187 g/mol. The predicted molar refractivity (Wildman–Crippen MR) is 52.4 cm³/mol. The second-order valence-corrected chi connectivity index (χ2v) is 4.73. The lowest BCUT2D eigenvalue weighted by Gasteiger charge is -2.43. The van der Waals surface area contributed by atoms with E-state index < -0.39 is 0 Å². The van der Waals surface area contributed by atoms with Crippen molar-refractivity contribution >= 4 is 0 Å². The Morgan fingerprint density at radius 3 is 2.46 bits per heavy atom. The molecule has 0 radical (unpaired) electrons. The third-order valence-electron chi connectivity index (χ3n) is 3.24. The molecule has 3 nitrogen and oxygen atoms in total. The van der Waals surface area contributed by atoms with Crippen molar-refractivity contribution in [1.29, 1.82) is 0 Å². The topological polar surface area (TPSA) is 55.5 Å². The van der Waals surface area contributed by atoms with Crippen molar-refractivity contribution in [3.63, 3.8) is 0 Å². The van der Waals surface area contributed by atoms with Crippen LogP contribution in [0.15, 0.2) is 0 Å². The lowest BCUT2D eigenvalue weighted by atomic mass is 9.69. The quantitative estimate of drug-likeness (QED) is 0.683. The summed E-state index contributed by atoms with van der Waals surface area (Å²) in [6.45, 7) is 4.55. The minimum Gasteiger partial charge on any atom is -0.392 e. The zero-order valence-electron chi connectivity index (χ0n) is 8.79. The summed E-state index contributed by atoms with van der Waals surface area (Å²) >= 11 is 0. The summed E-state index contributed by atoms with van der Waals surface area (Å²) in [5, 5.41) is 9.97. The van der Waals surface area contributed by atoms with E-state index in [2.05, 4.69) is 0 Å². The van der Waals surface area contributed by atoms with E-state index in [1.807, 2.05) is 13.8 Å². The van der Waals surface area contributed by atoms with Gasteiger partial charge in [-0.2, -0.15) is 0 Å². The van der Waals surface area contributed by atoms with Crippen LogP contribution >= 0.6 is 0 Å². The van der Waals surface area contributed by atoms with Gasteiger partial charge in [0.05, 0.1) is 12.2 Å². The molecule has 0 bridgehead atoms. The molecule has 0 saturated heterocycles. The molecule has 0 aromatic carbocycles. The van der Waals surface area contributed by atoms with Crippen molar-refractivity contribution in [2.45, 2.75) is 38.9 Å². The average Bonchev–Trinajstić information content (AvgIpc) is 2.02. The van der Waals surface area contributed by atoms with Crippen molar-refractivity contribution in [3.05, 3.63) is 0 Å². The Balaban J connectivity index is 2.38. The van der Waals surface area contributed by atoms with E-state index in [4.69, 9.17) is 10.5 Å². The number of aliphatic hydroxyl groups excluding tert-OH is 1. The summed E-state index contributed by atoms with van der Waals surface area (Å²) in [4.78, 5) is 0. The number of aliphatic hydroxyl groups is 1. The molecule has 13 heavy (non-hydrogen) atoms. The van der Waals surface area contributed by atoms with Gasteiger partial charge in [0.2, 0.25) is 0 Å². The molecule has 1 atom stereocenters. The summed E-state index contributed by atoms with van der Waals surface area (Å²) < 4.78 is 5.17. The first-order chi connectivity index (χ1) is 6.01. The Morgan fingerprint density at radius 1 is 1.54 bits per heavy atom. The second kappa shape index (κ2) is 3.95. The number of nitrogens with two attached hydrogens (primary N) is 1. The zero-order valence-corrected chi connectivity index (χ0v) is 8.79. The fraction of sp³-hybridized carbons (Fsp3) is 1.00. The molecule has 0 aliphatic heterocycles. The summed E-state index contributed by atoms with van der Waals surface area (Å²) in [6, 6.07) is 0. The molecule has 1 unspecified atom stereocenters. The number of methoxy groups -OCH3 is 1. The fourth-order valence-electron chi connectivity index (χ4n) is 1.82. The lowest BCUT2D eigenvalue weighted by Crippen LogP contribution is -2.47.